The third-order valence-corrected chi connectivity index (χ3v) is 15.4. The van der Waals surface area contributed by atoms with Gasteiger partial charge in [-0.1, -0.05) is 155 Å². The van der Waals surface area contributed by atoms with Crippen LogP contribution in [0.25, 0.3) is 66.6 Å². The van der Waals surface area contributed by atoms with E-state index in [9.17, 15) is 0 Å². The van der Waals surface area contributed by atoms with Crippen molar-refractivity contribution in [3.8, 4) is 45.3 Å². The van der Waals surface area contributed by atoms with Crippen molar-refractivity contribution in [2.24, 2.45) is 7.05 Å². The Bertz CT molecular complexity index is 3820. The zero-order valence-corrected chi connectivity index (χ0v) is 46.7. The quantitative estimate of drug-likeness (QED) is 0.130. The van der Waals surface area contributed by atoms with E-state index in [1.807, 2.05) is 24.7 Å². The van der Waals surface area contributed by atoms with Gasteiger partial charge in [-0.3, -0.25) is 0 Å². The van der Waals surface area contributed by atoms with Crippen molar-refractivity contribution in [3.05, 3.63) is 191 Å². The molecule has 0 saturated carbocycles. The van der Waals surface area contributed by atoms with Crippen molar-refractivity contribution in [1.29, 1.82) is 0 Å². The van der Waals surface area contributed by atoms with E-state index >= 15 is 0 Å². The summed E-state index contributed by atoms with van der Waals surface area (Å²) >= 11 is 0. The van der Waals surface area contributed by atoms with Gasteiger partial charge in [-0.25, -0.2) is 15.0 Å². The molecule has 0 unspecified atom stereocenters. The van der Waals surface area contributed by atoms with Crippen LogP contribution in [0, 0.1) is 25.4 Å². The summed E-state index contributed by atoms with van der Waals surface area (Å²) in [6, 6.07) is 43.8. The minimum absolute atomic E-state index is 0. The molecule has 10 aromatic rings. The molecule has 0 saturated heterocycles. The van der Waals surface area contributed by atoms with Crippen LogP contribution in [0.4, 0.5) is 0 Å². The number of hydrogen-bond acceptors (Lipinski definition) is 4. The molecule has 0 fully saturated rings. The summed E-state index contributed by atoms with van der Waals surface area (Å²) in [4.78, 5) is 13.5. The number of ether oxygens (including phenoxy) is 1. The maximum atomic E-state index is 6.99. The molecular formula is C65H62N6OPt-2. The smallest absolute Gasteiger partial charge is 0.242 e. The van der Waals surface area contributed by atoms with E-state index in [0.29, 0.717) is 11.5 Å². The number of pyridine rings is 1. The number of nitrogens with zero attached hydrogens (tertiary/aromatic N) is 6. The Morgan fingerprint density at radius 1 is 0.603 bits per heavy atom. The third kappa shape index (κ3) is 7.30. The number of fused-ring (bicyclic) bond motifs is 12. The van der Waals surface area contributed by atoms with Crippen LogP contribution in [-0.4, -0.2) is 24.1 Å². The van der Waals surface area contributed by atoms with Gasteiger partial charge in [0, 0.05) is 73.2 Å². The van der Waals surface area contributed by atoms with E-state index < -0.39 is 5.41 Å². The van der Waals surface area contributed by atoms with E-state index in [1.54, 1.807) is 6.33 Å². The Hall–Kier alpha value is -6.69. The number of benzene rings is 6. The fourth-order valence-corrected chi connectivity index (χ4v) is 11.8. The van der Waals surface area contributed by atoms with Crippen LogP contribution in [0.1, 0.15) is 133 Å². The second-order valence-electron chi connectivity index (χ2n) is 24.4. The summed E-state index contributed by atoms with van der Waals surface area (Å²) in [5, 5.41) is 2.18. The molecule has 12 rings (SSSR count). The van der Waals surface area contributed by atoms with Gasteiger partial charge in [0.15, 0.2) is 0 Å². The predicted octanol–water partition coefficient (Wildman–Crippen LogP) is 14.8. The molecule has 6 aromatic carbocycles. The van der Waals surface area contributed by atoms with Gasteiger partial charge in [0.2, 0.25) is 6.33 Å². The molecule has 0 N–H and O–H groups in total. The first kappa shape index (κ1) is 48.6. The maximum absolute atomic E-state index is 6.99. The number of hydrogen-bond donors (Lipinski definition) is 0. The van der Waals surface area contributed by atoms with Crippen LogP contribution < -0.4 is 9.30 Å². The first-order chi connectivity index (χ1) is 34.0. The van der Waals surface area contributed by atoms with Crippen LogP contribution in [0.15, 0.2) is 122 Å². The Kier molecular flexibility index (Phi) is 10.9. The molecule has 0 bridgehead atoms. The summed E-state index contributed by atoms with van der Waals surface area (Å²) in [7, 11) is 2.10. The molecule has 8 heteroatoms. The van der Waals surface area contributed by atoms with Crippen LogP contribution in [0.5, 0.6) is 11.5 Å². The fraction of sp³-hybridized carbons (Fsp3) is 0.292. The molecule has 73 heavy (non-hydrogen) atoms. The monoisotopic (exact) mass is 1140 g/mol. The van der Waals surface area contributed by atoms with Crippen molar-refractivity contribution in [2.45, 2.75) is 117 Å². The van der Waals surface area contributed by atoms with Gasteiger partial charge in [0.05, 0.1) is 18.1 Å². The van der Waals surface area contributed by atoms with Gasteiger partial charge in [-0.2, -0.15) is 12.1 Å². The molecule has 1 aliphatic heterocycles. The van der Waals surface area contributed by atoms with Gasteiger partial charge in [-0.15, -0.1) is 35.2 Å². The second-order valence-corrected chi connectivity index (χ2v) is 24.4. The molecule has 0 radical (unpaired) electrons. The summed E-state index contributed by atoms with van der Waals surface area (Å²) < 4.78 is 13.5. The molecular weight excluding hydrogens is 1080 g/mol. The molecule has 5 heterocycles. The van der Waals surface area contributed by atoms with Crippen molar-refractivity contribution >= 4 is 32.8 Å². The first-order valence-corrected chi connectivity index (χ1v) is 25.3. The largest absolute Gasteiger partial charge is 0.510 e. The summed E-state index contributed by atoms with van der Waals surface area (Å²) in [6.07, 6.45) is 10.9. The minimum Gasteiger partial charge on any atom is -0.510 e. The van der Waals surface area contributed by atoms with E-state index in [1.165, 1.54) is 50.1 Å². The average molecular weight is 1140 g/mol. The molecule has 1 aliphatic carbocycles. The molecule has 0 amide bonds. The van der Waals surface area contributed by atoms with E-state index in [-0.39, 0.29) is 42.7 Å². The van der Waals surface area contributed by atoms with Gasteiger partial charge in [0.25, 0.3) is 0 Å². The number of para-hydroxylation sites is 2. The zero-order chi connectivity index (χ0) is 50.6. The molecule has 1 spiro atoms. The normalized spacial score (nSPS) is 13.9. The van der Waals surface area contributed by atoms with Gasteiger partial charge in [0.1, 0.15) is 12.1 Å². The molecule has 0 atom stereocenters. The second kappa shape index (κ2) is 16.4. The van der Waals surface area contributed by atoms with Crippen molar-refractivity contribution in [2.75, 3.05) is 0 Å². The SMILES string of the molecule is Cc1cc(-n2c3[c-]c(Oc4[c-]c5c(cc4)C4(c6c(cc(C(C)(C)C)cc6C(C)(C)C)-c6cc(C(C)(C)C)cc(C(C)(C)C)c64)c4cccc6c4n-5[c-][n+]6C)ccc3c3ccccc32)ncc1-c1cncnc1.[Pt]. The minimum atomic E-state index is -0.706. The van der Waals surface area contributed by atoms with Gasteiger partial charge >= 0.3 is 0 Å². The Labute approximate surface area is 444 Å². The van der Waals surface area contributed by atoms with Crippen LogP contribution in [0.3, 0.4) is 0 Å². The fourth-order valence-electron chi connectivity index (χ4n) is 11.8. The zero-order valence-electron chi connectivity index (χ0n) is 44.5. The number of aromatic nitrogens is 6. The summed E-state index contributed by atoms with van der Waals surface area (Å²) in [6.45, 7) is 30.5. The first-order valence-electron chi connectivity index (χ1n) is 25.3. The molecule has 4 aromatic heterocycles. The van der Waals surface area contributed by atoms with Crippen LogP contribution in [-0.2, 0) is 55.2 Å². The van der Waals surface area contributed by atoms with E-state index in [2.05, 4.69) is 230 Å². The summed E-state index contributed by atoms with van der Waals surface area (Å²) in [5.41, 5.74) is 20.0. The van der Waals surface area contributed by atoms with Crippen LogP contribution in [0.2, 0.25) is 0 Å². The van der Waals surface area contributed by atoms with Gasteiger partial charge < -0.3 is 18.4 Å². The topological polar surface area (TPSA) is 61.6 Å². The molecule has 7 nitrogen and oxygen atoms in total. The van der Waals surface area contributed by atoms with Gasteiger partial charge in [-0.05, 0) is 102 Å². The van der Waals surface area contributed by atoms with Crippen LogP contribution >= 0.6 is 0 Å². The number of aryl methyl sites for hydroxylation is 2. The van der Waals surface area contributed by atoms with Crippen molar-refractivity contribution < 1.29 is 30.4 Å². The average Bonchev–Trinajstić information content (AvgIpc) is 3.95. The number of rotatable bonds is 4. The predicted molar refractivity (Wildman–Crippen MR) is 291 cm³/mol. The summed E-state index contributed by atoms with van der Waals surface area (Å²) in [5.74, 6) is 1.98. The maximum Gasteiger partial charge on any atom is 0.242 e. The number of imidazole rings is 1. The Morgan fingerprint density at radius 3 is 1.84 bits per heavy atom. The third-order valence-electron chi connectivity index (χ3n) is 15.4. The Morgan fingerprint density at radius 2 is 1.22 bits per heavy atom. The Balaban J connectivity index is 0.00000574. The molecule has 2 aliphatic rings. The van der Waals surface area contributed by atoms with E-state index in [4.69, 9.17) is 9.72 Å². The van der Waals surface area contributed by atoms with Crippen molar-refractivity contribution in [3.63, 3.8) is 0 Å². The standard InChI is InChI=1S/C65H62N6O.Pt/c1-38-26-57(68-35-48(38)39-33-66-36-67-34-39)71-53-20-16-15-18-44(53)45-24-22-42(31-55(45)71)72-43-23-25-49-56(32-43)70-37-69(14)54-21-17-19-50(60(54)70)65(49)58-46(27-40(61(2,3)4)29-51(58)63(8,9)10)47-28-41(62(5,6)7)30-52(59(47)65)64(11,12)13;/h15-30,33-36H,1-14H3;/q-2;. The molecule has 370 valence electrons. The van der Waals surface area contributed by atoms with E-state index in [0.717, 1.165) is 66.6 Å². The van der Waals surface area contributed by atoms with Crippen molar-refractivity contribution in [1.82, 2.24) is 24.1 Å².